The summed E-state index contributed by atoms with van der Waals surface area (Å²) in [7, 11) is 0. The number of H-pyrrole nitrogens is 1. The molecule has 1 aliphatic rings. The molecular formula is C32H50F3N3O6. The van der Waals surface area contributed by atoms with Crippen LogP contribution in [0.5, 0.6) is 0 Å². The van der Waals surface area contributed by atoms with Gasteiger partial charge in [0.2, 0.25) is 0 Å². The number of aromatic amines is 1. The van der Waals surface area contributed by atoms with Gasteiger partial charge in [-0.1, -0.05) is 109 Å². The molecule has 250 valence electrons. The number of unbranched alkanes of at least 4 members (excludes halogenated alkanes) is 15. The van der Waals surface area contributed by atoms with Gasteiger partial charge in [-0.15, -0.1) is 6.42 Å². The van der Waals surface area contributed by atoms with Crippen LogP contribution in [0.3, 0.4) is 0 Å². The molecule has 1 saturated heterocycles. The number of rotatable bonds is 22. The Hall–Kier alpha value is -2.78. The van der Waals surface area contributed by atoms with E-state index in [4.69, 9.17) is 20.6 Å². The van der Waals surface area contributed by atoms with Crippen molar-refractivity contribution in [2.75, 3.05) is 19.8 Å². The van der Waals surface area contributed by atoms with Gasteiger partial charge in [0.25, 0.3) is 5.56 Å². The Morgan fingerprint density at radius 3 is 2.07 bits per heavy atom. The van der Waals surface area contributed by atoms with Crippen LogP contribution in [0, 0.1) is 12.3 Å². The molecule has 1 aromatic heterocycles. The third-order valence-electron chi connectivity index (χ3n) is 7.82. The van der Waals surface area contributed by atoms with E-state index in [1.54, 1.807) is 4.98 Å². The lowest BCUT2D eigenvalue weighted by molar-refractivity contribution is -0.139. The molecule has 0 aromatic carbocycles. The normalized spacial score (nSPS) is 18.3. The lowest BCUT2D eigenvalue weighted by Gasteiger charge is -2.18. The number of carbonyl (C=O) groups is 1. The van der Waals surface area contributed by atoms with Crippen molar-refractivity contribution in [1.82, 2.24) is 14.9 Å². The molecule has 0 bridgehead atoms. The highest BCUT2D eigenvalue weighted by Gasteiger charge is 2.40. The number of alkyl halides is 3. The van der Waals surface area contributed by atoms with Crippen LogP contribution in [0.15, 0.2) is 15.8 Å². The van der Waals surface area contributed by atoms with Gasteiger partial charge in [-0.2, -0.15) is 13.2 Å². The van der Waals surface area contributed by atoms with Gasteiger partial charge in [-0.3, -0.25) is 14.3 Å². The predicted molar refractivity (Wildman–Crippen MR) is 162 cm³/mol. The number of nitrogens with one attached hydrogen (secondary N) is 2. The van der Waals surface area contributed by atoms with Crippen molar-refractivity contribution in [1.29, 1.82) is 0 Å². The average molecular weight is 630 g/mol. The smallest absolute Gasteiger partial charge is 0.423 e. The van der Waals surface area contributed by atoms with Crippen LogP contribution in [0.2, 0.25) is 0 Å². The second-order valence-corrected chi connectivity index (χ2v) is 11.5. The van der Waals surface area contributed by atoms with Crippen molar-refractivity contribution in [3.63, 3.8) is 0 Å². The minimum atomic E-state index is -4.96. The Kier molecular flexibility index (Phi) is 17.9. The highest BCUT2D eigenvalue weighted by atomic mass is 19.4. The van der Waals surface area contributed by atoms with Crippen LogP contribution in [-0.4, -0.2) is 47.6 Å². The second kappa shape index (κ2) is 21.0. The molecule has 0 radical (unpaired) electrons. The number of hydrogen-bond acceptors (Lipinski definition) is 6. The van der Waals surface area contributed by atoms with E-state index in [1.165, 1.54) is 83.5 Å². The Labute approximate surface area is 258 Å². The zero-order valence-corrected chi connectivity index (χ0v) is 26.1. The first-order valence-corrected chi connectivity index (χ1v) is 16.2. The molecule has 2 rings (SSSR count). The van der Waals surface area contributed by atoms with Crippen LogP contribution < -0.4 is 16.6 Å². The molecule has 2 heterocycles. The maximum Gasteiger partial charge on any atom is 0.423 e. The minimum Gasteiger partial charge on any atom is -0.447 e. The van der Waals surface area contributed by atoms with Crippen molar-refractivity contribution in [3.8, 4) is 12.3 Å². The van der Waals surface area contributed by atoms with Crippen molar-refractivity contribution in [3.05, 3.63) is 32.6 Å². The molecule has 0 unspecified atom stereocenters. The maximum absolute atomic E-state index is 13.2. The van der Waals surface area contributed by atoms with Gasteiger partial charge >= 0.3 is 18.0 Å². The molecule has 0 saturated carbocycles. The van der Waals surface area contributed by atoms with Crippen LogP contribution in [0.25, 0.3) is 0 Å². The third-order valence-corrected chi connectivity index (χ3v) is 7.82. The van der Waals surface area contributed by atoms with Gasteiger partial charge in [0, 0.05) is 19.2 Å². The highest BCUT2D eigenvalue weighted by Crippen LogP contribution is 2.32. The van der Waals surface area contributed by atoms with Crippen LogP contribution in [-0.2, 0) is 20.4 Å². The first-order chi connectivity index (χ1) is 21.2. The molecule has 0 aliphatic carbocycles. The first-order valence-electron chi connectivity index (χ1n) is 16.2. The van der Waals surface area contributed by atoms with Gasteiger partial charge in [-0.25, -0.2) is 9.59 Å². The second-order valence-electron chi connectivity index (χ2n) is 11.5. The lowest BCUT2D eigenvalue weighted by Crippen LogP contribution is -2.36. The molecular weight excluding hydrogens is 579 g/mol. The van der Waals surface area contributed by atoms with E-state index in [-0.39, 0.29) is 19.6 Å². The monoisotopic (exact) mass is 629 g/mol. The predicted octanol–water partition coefficient (Wildman–Crippen LogP) is 6.85. The summed E-state index contributed by atoms with van der Waals surface area (Å²) in [5, 5.41) is 2.69. The Bertz CT molecular complexity index is 1110. The van der Waals surface area contributed by atoms with E-state index >= 15 is 0 Å². The molecule has 0 spiro atoms. The Morgan fingerprint density at radius 2 is 1.55 bits per heavy atom. The molecule has 1 aromatic rings. The molecule has 12 heteroatoms. The van der Waals surface area contributed by atoms with Crippen LogP contribution in [0.1, 0.15) is 128 Å². The summed E-state index contributed by atoms with van der Waals surface area (Å²) < 4.78 is 56.7. The molecule has 2 N–H and O–H groups in total. The highest BCUT2D eigenvalue weighted by molar-refractivity contribution is 5.67. The minimum absolute atomic E-state index is 0.0419. The summed E-state index contributed by atoms with van der Waals surface area (Å²) in [6.45, 7) is 2.32. The molecule has 1 aliphatic heterocycles. The summed E-state index contributed by atoms with van der Waals surface area (Å²) in [4.78, 5) is 37.7. The number of aromatic nitrogens is 2. The number of halogens is 3. The van der Waals surface area contributed by atoms with E-state index in [2.05, 4.69) is 18.2 Å². The SMILES string of the molecule is C#CCO[C@H]1C[C@H](n2cc(C(F)(F)F)c(=O)[nH]c2=O)O[C@@H]1COC(=O)NCCCCCCCCCCCCCCCCCC. The average Bonchev–Trinajstić information content (AvgIpc) is 3.38. The fourth-order valence-electron chi connectivity index (χ4n) is 5.33. The number of nitrogens with zero attached hydrogens (tertiary/aromatic N) is 1. The molecule has 1 fully saturated rings. The Morgan fingerprint density at radius 1 is 1.00 bits per heavy atom. The summed E-state index contributed by atoms with van der Waals surface area (Å²) in [6.07, 6.45) is 17.3. The standard InChI is InChI=1S/C32H50F3N3O6/c1-3-5-6-7-8-9-10-11-12-13-14-15-16-17-18-19-20-36-31(41)43-24-27-26(42-21-4-2)22-28(44-27)38-23-25(32(33,34)35)29(39)37-30(38)40/h2,23,26-28H,3,5-22,24H2,1H3,(H,36,41)(H,37,39,40)/t26-,27+,28+/m0/s1. The van der Waals surface area contributed by atoms with Crippen molar-refractivity contribution in [2.24, 2.45) is 0 Å². The summed E-state index contributed by atoms with van der Waals surface area (Å²) >= 11 is 0. The van der Waals surface area contributed by atoms with Crippen molar-refractivity contribution >= 4 is 6.09 Å². The van der Waals surface area contributed by atoms with Gasteiger partial charge in [0.1, 0.15) is 31.1 Å². The van der Waals surface area contributed by atoms with E-state index in [0.29, 0.717) is 17.3 Å². The number of amides is 1. The Balaban J connectivity index is 1.60. The number of alkyl carbamates (subject to hydrolysis) is 1. The largest absolute Gasteiger partial charge is 0.447 e. The van der Waals surface area contributed by atoms with E-state index in [1.807, 2.05) is 0 Å². The lowest BCUT2D eigenvalue weighted by atomic mass is 10.0. The van der Waals surface area contributed by atoms with E-state index in [0.717, 1.165) is 19.3 Å². The third kappa shape index (κ3) is 14.3. The fraction of sp³-hybridized carbons (Fsp3) is 0.781. The quantitative estimate of drug-likeness (QED) is 0.107. The molecule has 9 nitrogen and oxygen atoms in total. The molecule has 3 atom stereocenters. The van der Waals surface area contributed by atoms with Crippen molar-refractivity contribution < 1.29 is 32.2 Å². The van der Waals surface area contributed by atoms with Crippen LogP contribution in [0.4, 0.5) is 18.0 Å². The fourth-order valence-corrected chi connectivity index (χ4v) is 5.33. The molecule has 1 amide bonds. The van der Waals surface area contributed by atoms with E-state index < -0.39 is 47.5 Å². The summed E-state index contributed by atoms with van der Waals surface area (Å²) in [5.41, 5.74) is -4.14. The summed E-state index contributed by atoms with van der Waals surface area (Å²) in [6, 6.07) is 0. The van der Waals surface area contributed by atoms with Gasteiger partial charge in [-0.05, 0) is 6.42 Å². The van der Waals surface area contributed by atoms with Crippen LogP contribution >= 0.6 is 0 Å². The summed E-state index contributed by atoms with van der Waals surface area (Å²) in [5.74, 6) is 2.29. The number of ether oxygens (including phenoxy) is 3. The van der Waals surface area contributed by atoms with E-state index in [9.17, 15) is 27.6 Å². The topological polar surface area (TPSA) is 112 Å². The van der Waals surface area contributed by atoms with Gasteiger partial charge < -0.3 is 19.5 Å². The first kappa shape index (κ1) is 37.4. The number of carbonyl (C=O) groups excluding carboxylic acids is 1. The molecule has 44 heavy (non-hydrogen) atoms. The number of terminal acetylenes is 1. The maximum atomic E-state index is 13.2. The zero-order chi connectivity index (χ0) is 32.2. The van der Waals surface area contributed by atoms with Crippen molar-refractivity contribution in [2.45, 2.75) is 141 Å². The van der Waals surface area contributed by atoms with Gasteiger partial charge in [0.15, 0.2) is 0 Å². The van der Waals surface area contributed by atoms with Gasteiger partial charge in [0.05, 0.1) is 6.10 Å². The number of hydrogen-bond donors (Lipinski definition) is 2. The zero-order valence-electron chi connectivity index (χ0n) is 26.1.